The number of fused-ring (bicyclic) bond motifs is 1. The third-order valence-electron chi connectivity index (χ3n) is 4.00. The van der Waals surface area contributed by atoms with Gasteiger partial charge in [0, 0.05) is 5.39 Å². The highest BCUT2D eigenvalue weighted by Gasteiger charge is 2.37. The van der Waals surface area contributed by atoms with Gasteiger partial charge in [0.15, 0.2) is 0 Å². The SMILES string of the molecule is O=C1NC(=O)C(N=NC2C(=O)NC(=O)NC2=O)C(=O)N1.Oc1cccc2ccccc12. The van der Waals surface area contributed by atoms with E-state index in [0.29, 0.717) is 5.75 Å². The predicted octanol–water partition coefficient (Wildman–Crippen LogP) is -0.547. The van der Waals surface area contributed by atoms with Crippen LogP contribution in [0.25, 0.3) is 10.8 Å². The lowest BCUT2D eigenvalue weighted by molar-refractivity contribution is -0.134. The van der Waals surface area contributed by atoms with Gasteiger partial charge in [-0.15, -0.1) is 0 Å². The summed E-state index contributed by atoms with van der Waals surface area (Å²) in [5.74, 6) is -3.83. The number of nitrogens with zero attached hydrogens (tertiary/aromatic N) is 2. The van der Waals surface area contributed by atoms with E-state index in [1.54, 1.807) is 27.3 Å². The first-order valence-electron chi connectivity index (χ1n) is 8.64. The van der Waals surface area contributed by atoms with E-state index in [1.165, 1.54) is 0 Å². The standard InChI is InChI=1S/C10H8O.C8H6N6O6/c11-10-7-3-5-8-4-1-2-6-9(8)10;15-3-1(4(16)10-7(19)9-3)13-14-2-5(17)11-8(20)12-6(2)18/h1-7,11H;1-2H,(H2,9,10,15,16,19)(H2,11,12,17,18,20). The number of phenols is 1. The Morgan fingerprint density at radius 3 is 1.48 bits per heavy atom. The van der Waals surface area contributed by atoms with Crippen LogP contribution in [0.15, 0.2) is 52.7 Å². The fourth-order valence-corrected chi connectivity index (χ4v) is 2.57. The van der Waals surface area contributed by atoms with Crippen LogP contribution in [0.4, 0.5) is 9.59 Å². The van der Waals surface area contributed by atoms with Crippen molar-refractivity contribution in [1.29, 1.82) is 0 Å². The van der Waals surface area contributed by atoms with E-state index in [0.717, 1.165) is 10.8 Å². The van der Waals surface area contributed by atoms with Gasteiger partial charge in [-0.25, -0.2) is 9.59 Å². The van der Waals surface area contributed by atoms with Gasteiger partial charge in [0.25, 0.3) is 23.6 Å². The molecule has 0 radical (unpaired) electrons. The van der Waals surface area contributed by atoms with Crippen LogP contribution in [0, 0.1) is 0 Å². The second-order valence-corrected chi connectivity index (χ2v) is 6.15. The van der Waals surface area contributed by atoms with Gasteiger partial charge in [-0.1, -0.05) is 36.4 Å². The zero-order valence-electron chi connectivity index (χ0n) is 15.5. The molecule has 8 amide bonds. The van der Waals surface area contributed by atoms with E-state index in [4.69, 9.17) is 0 Å². The molecule has 0 spiro atoms. The summed E-state index contributed by atoms with van der Waals surface area (Å²) in [7, 11) is 0. The highest BCUT2D eigenvalue weighted by atomic mass is 16.3. The van der Waals surface area contributed by atoms with Crippen LogP contribution >= 0.6 is 0 Å². The van der Waals surface area contributed by atoms with Gasteiger partial charge in [-0.2, -0.15) is 10.2 Å². The Morgan fingerprint density at radius 1 is 0.613 bits per heavy atom. The van der Waals surface area contributed by atoms with Crippen LogP contribution in [0.3, 0.4) is 0 Å². The number of benzene rings is 2. The minimum atomic E-state index is -1.70. The minimum Gasteiger partial charge on any atom is -0.507 e. The van der Waals surface area contributed by atoms with Crippen LogP contribution in [0.1, 0.15) is 0 Å². The fraction of sp³-hybridized carbons (Fsp3) is 0.111. The van der Waals surface area contributed by atoms with Crippen molar-refractivity contribution < 1.29 is 33.9 Å². The summed E-state index contributed by atoms with van der Waals surface area (Å²) in [5.41, 5.74) is 0. The Morgan fingerprint density at radius 2 is 1.03 bits per heavy atom. The lowest BCUT2D eigenvalue weighted by Crippen LogP contribution is -2.59. The van der Waals surface area contributed by atoms with Crippen LogP contribution in [0.5, 0.6) is 5.75 Å². The molecule has 13 nitrogen and oxygen atoms in total. The molecule has 31 heavy (non-hydrogen) atoms. The van der Waals surface area contributed by atoms with Gasteiger partial charge in [0.05, 0.1) is 0 Å². The Hall–Kier alpha value is -4.68. The lowest BCUT2D eigenvalue weighted by Gasteiger charge is -2.18. The normalized spacial score (nSPS) is 17.5. The average molecular weight is 426 g/mol. The van der Waals surface area contributed by atoms with E-state index < -0.39 is 47.8 Å². The number of imide groups is 4. The first-order chi connectivity index (χ1) is 14.8. The fourth-order valence-electron chi connectivity index (χ4n) is 2.57. The number of azo groups is 1. The lowest BCUT2D eigenvalue weighted by atomic mass is 10.1. The third kappa shape index (κ3) is 4.84. The van der Waals surface area contributed by atoms with Gasteiger partial charge in [0.1, 0.15) is 5.75 Å². The maximum atomic E-state index is 11.3. The van der Waals surface area contributed by atoms with E-state index in [-0.39, 0.29) is 0 Å². The summed E-state index contributed by atoms with van der Waals surface area (Å²) in [4.78, 5) is 66.8. The summed E-state index contributed by atoms with van der Waals surface area (Å²) < 4.78 is 0. The van der Waals surface area contributed by atoms with Gasteiger partial charge in [-0.3, -0.25) is 40.4 Å². The number of amides is 8. The highest BCUT2D eigenvalue weighted by molar-refractivity contribution is 6.20. The van der Waals surface area contributed by atoms with Gasteiger partial charge in [-0.05, 0) is 11.5 Å². The smallest absolute Gasteiger partial charge is 0.328 e. The maximum Gasteiger partial charge on any atom is 0.328 e. The number of urea groups is 2. The maximum absolute atomic E-state index is 11.3. The van der Waals surface area contributed by atoms with Crippen molar-refractivity contribution in [3.05, 3.63) is 42.5 Å². The minimum absolute atomic E-state index is 0.350. The molecular weight excluding hydrogens is 412 g/mol. The number of hydrogen-bond donors (Lipinski definition) is 5. The van der Waals surface area contributed by atoms with Gasteiger partial charge in [0.2, 0.25) is 12.1 Å². The van der Waals surface area contributed by atoms with Gasteiger partial charge < -0.3 is 5.11 Å². The van der Waals surface area contributed by atoms with Crippen LogP contribution in [-0.2, 0) is 19.2 Å². The Labute approximate surface area is 172 Å². The van der Waals surface area contributed by atoms with E-state index >= 15 is 0 Å². The van der Waals surface area contributed by atoms with Crippen molar-refractivity contribution in [3.63, 3.8) is 0 Å². The number of hydrogen-bond acceptors (Lipinski definition) is 9. The second-order valence-electron chi connectivity index (χ2n) is 6.15. The average Bonchev–Trinajstić information content (AvgIpc) is 2.69. The largest absolute Gasteiger partial charge is 0.507 e. The van der Waals surface area contributed by atoms with Gasteiger partial charge >= 0.3 is 12.1 Å². The topological polar surface area (TPSA) is 195 Å². The number of aromatic hydroxyl groups is 1. The first kappa shape index (κ1) is 21.0. The summed E-state index contributed by atoms with van der Waals surface area (Å²) in [6, 6.07) is 7.87. The van der Waals surface area contributed by atoms with E-state index in [2.05, 4.69) is 10.2 Å². The summed E-state index contributed by atoms with van der Waals surface area (Å²) in [5, 5.41) is 24.9. The Bertz CT molecular complexity index is 1050. The zero-order chi connectivity index (χ0) is 22.5. The van der Waals surface area contributed by atoms with Crippen molar-refractivity contribution in [3.8, 4) is 5.75 Å². The van der Waals surface area contributed by atoms with Crippen molar-refractivity contribution in [2.45, 2.75) is 12.1 Å². The predicted molar refractivity (Wildman–Crippen MR) is 101 cm³/mol. The number of nitrogens with one attached hydrogen (secondary N) is 4. The molecule has 0 aromatic heterocycles. The molecular formula is C18H14N6O7. The molecule has 2 aromatic carbocycles. The third-order valence-corrected chi connectivity index (χ3v) is 4.00. The molecule has 158 valence electrons. The molecule has 2 aliphatic heterocycles. The molecule has 0 atom stereocenters. The molecule has 2 saturated heterocycles. The van der Waals surface area contributed by atoms with E-state index in [1.807, 2.05) is 36.4 Å². The van der Waals surface area contributed by atoms with Crippen molar-refractivity contribution in [2.75, 3.05) is 0 Å². The van der Waals surface area contributed by atoms with Crippen molar-refractivity contribution in [1.82, 2.24) is 21.3 Å². The molecule has 2 fully saturated rings. The molecule has 2 heterocycles. The number of carbonyl (C=O) groups excluding carboxylic acids is 6. The highest BCUT2D eigenvalue weighted by Crippen LogP contribution is 2.22. The molecule has 0 aliphatic carbocycles. The number of carbonyl (C=O) groups is 6. The molecule has 0 saturated carbocycles. The number of barbiturate groups is 2. The molecule has 13 heteroatoms. The molecule has 0 bridgehead atoms. The van der Waals surface area contributed by atoms with Crippen LogP contribution in [0.2, 0.25) is 0 Å². The molecule has 4 rings (SSSR count). The zero-order valence-corrected chi connectivity index (χ0v) is 15.5. The molecule has 0 unspecified atom stereocenters. The molecule has 2 aliphatic rings. The molecule has 2 aromatic rings. The second kappa shape index (κ2) is 8.77. The number of rotatable bonds is 2. The summed E-state index contributed by atoms with van der Waals surface area (Å²) in [6.07, 6.45) is 0. The quantitative estimate of drug-likeness (QED) is 0.314. The first-order valence-corrected chi connectivity index (χ1v) is 8.64. The van der Waals surface area contributed by atoms with E-state index in [9.17, 15) is 33.9 Å². The van der Waals surface area contributed by atoms with Crippen LogP contribution in [-0.4, -0.2) is 52.9 Å². The summed E-state index contributed by atoms with van der Waals surface area (Å²) >= 11 is 0. The van der Waals surface area contributed by atoms with Crippen molar-refractivity contribution >= 4 is 46.5 Å². The Balaban J connectivity index is 0.000000207. The van der Waals surface area contributed by atoms with Crippen LogP contribution < -0.4 is 21.3 Å². The number of phenolic OH excluding ortho intramolecular Hbond substituents is 1. The Kier molecular flexibility index (Phi) is 5.95. The molecule has 5 N–H and O–H groups in total. The summed E-state index contributed by atoms with van der Waals surface area (Å²) in [6.45, 7) is 0. The van der Waals surface area contributed by atoms with Crippen molar-refractivity contribution in [2.24, 2.45) is 10.2 Å². The monoisotopic (exact) mass is 426 g/mol.